The van der Waals surface area contributed by atoms with Gasteiger partial charge in [-0.2, -0.15) is 0 Å². The van der Waals surface area contributed by atoms with Crippen molar-refractivity contribution >= 4 is 5.78 Å². The molecule has 0 spiro atoms. The maximum absolute atomic E-state index is 11.6. The molecule has 2 rings (SSSR count). The molecule has 0 aromatic heterocycles. The molecule has 0 amide bonds. The first kappa shape index (κ1) is 8.24. The van der Waals surface area contributed by atoms with Gasteiger partial charge in [0.1, 0.15) is 0 Å². The van der Waals surface area contributed by atoms with Gasteiger partial charge in [0, 0.05) is 12.0 Å². The van der Waals surface area contributed by atoms with Gasteiger partial charge in [-0.15, -0.1) is 0 Å². The predicted octanol–water partition coefficient (Wildman–Crippen LogP) is 2.98. The molecule has 0 bridgehead atoms. The molecule has 66 valence electrons. The Morgan fingerprint density at radius 1 is 1.23 bits per heavy atom. The van der Waals surface area contributed by atoms with Gasteiger partial charge in [0.2, 0.25) is 0 Å². The minimum absolute atomic E-state index is 0.242. The van der Waals surface area contributed by atoms with Crippen LogP contribution in [0.2, 0.25) is 0 Å². The number of rotatable bonds is 3. The van der Waals surface area contributed by atoms with Gasteiger partial charge < -0.3 is 0 Å². The molecular weight excluding hydrogens is 160 g/mol. The highest BCUT2D eigenvalue weighted by molar-refractivity contribution is 5.97. The van der Waals surface area contributed by atoms with E-state index in [9.17, 15) is 4.79 Å². The van der Waals surface area contributed by atoms with E-state index in [1.54, 1.807) is 0 Å². The van der Waals surface area contributed by atoms with Crippen LogP contribution in [0, 0.1) is 0 Å². The highest BCUT2D eigenvalue weighted by atomic mass is 16.1. The average molecular weight is 172 g/mol. The van der Waals surface area contributed by atoms with Crippen molar-refractivity contribution in [1.29, 1.82) is 0 Å². The van der Waals surface area contributed by atoms with Gasteiger partial charge >= 0.3 is 0 Å². The maximum Gasteiger partial charge on any atom is 0.166 e. The van der Waals surface area contributed by atoms with Crippen molar-refractivity contribution in [3.63, 3.8) is 0 Å². The van der Waals surface area contributed by atoms with Crippen LogP contribution < -0.4 is 0 Å². The van der Waals surface area contributed by atoms with Crippen molar-refractivity contribution in [3.05, 3.63) is 47.5 Å². The van der Waals surface area contributed by atoms with Crippen molar-refractivity contribution in [2.75, 3.05) is 0 Å². The SMILES string of the molecule is O=C(CC1=CCC1)c1ccccc1. The molecule has 0 saturated carbocycles. The number of benzene rings is 1. The van der Waals surface area contributed by atoms with Gasteiger partial charge in [-0.1, -0.05) is 42.0 Å². The van der Waals surface area contributed by atoms with Crippen LogP contribution in [0.15, 0.2) is 42.0 Å². The first-order valence-electron chi connectivity index (χ1n) is 4.62. The number of ketones is 1. The summed E-state index contributed by atoms with van der Waals surface area (Å²) in [5.74, 6) is 0.242. The van der Waals surface area contributed by atoms with Crippen molar-refractivity contribution in [2.24, 2.45) is 0 Å². The molecule has 1 heteroatoms. The highest BCUT2D eigenvalue weighted by Crippen LogP contribution is 2.22. The molecule has 0 aliphatic heterocycles. The summed E-state index contributed by atoms with van der Waals surface area (Å²) >= 11 is 0. The minimum Gasteiger partial charge on any atom is -0.294 e. The maximum atomic E-state index is 11.6. The number of carbonyl (C=O) groups excluding carboxylic acids is 1. The van der Waals surface area contributed by atoms with Crippen LogP contribution in [0.3, 0.4) is 0 Å². The van der Waals surface area contributed by atoms with E-state index in [0.717, 1.165) is 18.4 Å². The molecule has 1 aromatic carbocycles. The minimum atomic E-state index is 0.242. The first-order valence-corrected chi connectivity index (χ1v) is 4.62. The fourth-order valence-electron chi connectivity index (χ4n) is 1.44. The lowest BCUT2D eigenvalue weighted by molar-refractivity contribution is 0.0991. The third kappa shape index (κ3) is 1.86. The third-order valence-corrected chi connectivity index (χ3v) is 2.38. The topological polar surface area (TPSA) is 17.1 Å². The lowest BCUT2D eigenvalue weighted by atomic mass is 9.92. The van der Waals surface area contributed by atoms with Gasteiger partial charge in [-0.25, -0.2) is 0 Å². The largest absolute Gasteiger partial charge is 0.294 e. The van der Waals surface area contributed by atoms with E-state index in [4.69, 9.17) is 0 Å². The molecule has 0 unspecified atom stereocenters. The van der Waals surface area contributed by atoms with Crippen LogP contribution in [0.25, 0.3) is 0 Å². The normalized spacial score (nSPS) is 14.6. The summed E-state index contributed by atoms with van der Waals surface area (Å²) in [5, 5.41) is 0. The van der Waals surface area contributed by atoms with Crippen molar-refractivity contribution in [1.82, 2.24) is 0 Å². The summed E-state index contributed by atoms with van der Waals surface area (Å²) in [6, 6.07) is 9.49. The van der Waals surface area contributed by atoms with E-state index in [1.165, 1.54) is 5.57 Å². The molecule has 1 aliphatic rings. The Morgan fingerprint density at radius 3 is 2.46 bits per heavy atom. The fraction of sp³-hybridized carbons (Fsp3) is 0.250. The highest BCUT2D eigenvalue weighted by Gasteiger charge is 2.11. The quantitative estimate of drug-likeness (QED) is 0.506. The molecular formula is C12H12O. The molecule has 1 aliphatic carbocycles. The third-order valence-electron chi connectivity index (χ3n) is 2.38. The zero-order chi connectivity index (χ0) is 9.10. The summed E-state index contributed by atoms with van der Waals surface area (Å²) < 4.78 is 0. The summed E-state index contributed by atoms with van der Waals surface area (Å²) in [4.78, 5) is 11.6. The lowest BCUT2D eigenvalue weighted by Gasteiger charge is -2.12. The van der Waals surface area contributed by atoms with Crippen molar-refractivity contribution < 1.29 is 4.79 Å². The molecule has 0 heterocycles. The second kappa shape index (κ2) is 3.56. The van der Waals surface area contributed by atoms with E-state index in [1.807, 2.05) is 30.3 Å². The summed E-state index contributed by atoms with van der Waals surface area (Å²) in [5.41, 5.74) is 2.13. The smallest absolute Gasteiger partial charge is 0.166 e. The molecule has 1 nitrogen and oxygen atoms in total. The Labute approximate surface area is 78.1 Å². The second-order valence-corrected chi connectivity index (χ2v) is 3.37. The Kier molecular flexibility index (Phi) is 2.26. The number of hydrogen-bond acceptors (Lipinski definition) is 1. The molecule has 13 heavy (non-hydrogen) atoms. The first-order chi connectivity index (χ1) is 6.36. The van der Waals surface area contributed by atoms with E-state index in [0.29, 0.717) is 6.42 Å². The van der Waals surface area contributed by atoms with E-state index < -0.39 is 0 Å². The Morgan fingerprint density at radius 2 is 1.92 bits per heavy atom. The summed E-state index contributed by atoms with van der Waals surface area (Å²) in [6.07, 6.45) is 5.03. The van der Waals surface area contributed by atoms with Gasteiger partial charge in [0.15, 0.2) is 5.78 Å². The van der Waals surface area contributed by atoms with Crippen molar-refractivity contribution in [3.8, 4) is 0 Å². The molecule has 0 saturated heterocycles. The van der Waals surface area contributed by atoms with Crippen LogP contribution in [0.4, 0.5) is 0 Å². The number of hydrogen-bond donors (Lipinski definition) is 0. The zero-order valence-corrected chi connectivity index (χ0v) is 7.49. The molecule has 0 atom stereocenters. The van der Waals surface area contributed by atoms with E-state index in [-0.39, 0.29) is 5.78 Å². The second-order valence-electron chi connectivity index (χ2n) is 3.37. The van der Waals surface area contributed by atoms with E-state index in [2.05, 4.69) is 6.08 Å². The van der Waals surface area contributed by atoms with Crippen LogP contribution in [-0.4, -0.2) is 5.78 Å². The van der Waals surface area contributed by atoms with Gasteiger partial charge in [0.25, 0.3) is 0 Å². The number of allylic oxidation sites excluding steroid dienone is 2. The monoisotopic (exact) mass is 172 g/mol. The molecule has 0 radical (unpaired) electrons. The molecule has 1 aromatic rings. The van der Waals surface area contributed by atoms with Gasteiger partial charge in [0.05, 0.1) is 0 Å². The Hall–Kier alpha value is -1.37. The Bertz CT molecular complexity index is 335. The van der Waals surface area contributed by atoms with Crippen LogP contribution in [-0.2, 0) is 0 Å². The zero-order valence-electron chi connectivity index (χ0n) is 7.49. The number of carbonyl (C=O) groups is 1. The standard InChI is InChI=1S/C12H12O/c13-12(9-10-5-4-6-10)11-7-2-1-3-8-11/h1-3,5,7-8H,4,6,9H2. The average Bonchev–Trinajstić information content (AvgIpc) is 2.12. The van der Waals surface area contributed by atoms with E-state index >= 15 is 0 Å². The fourth-order valence-corrected chi connectivity index (χ4v) is 1.44. The summed E-state index contributed by atoms with van der Waals surface area (Å²) in [6.45, 7) is 0. The molecule has 0 fully saturated rings. The van der Waals surface area contributed by atoms with Crippen LogP contribution in [0.5, 0.6) is 0 Å². The van der Waals surface area contributed by atoms with Gasteiger partial charge in [-0.05, 0) is 12.8 Å². The molecule has 0 N–H and O–H groups in total. The van der Waals surface area contributed by atoms with Gasteiger partial charge in [-0.3, -0.25) is 4.79 Å². The van der Waals surface area contributed by atoms with Crippen LogP contribution >= 0.6 is 0 Å². The Balaban J connectivity index is 2.05. The lowest BCUT2D eigenvalue weighted by Crippen LogP contribution is -2.04. The predicted molar refractivity (Wildman–Crippen MR) is 52.7 cm³/mol. The van der Waals surface area contributed by atoms with Crippen LogP contribution in [0.1, 0.15) is 29.6 Å². The summed E-state index contributed by atoms with van der Waals surface area (Å²) in [7, 11) is 0. The van der Waals surface area contributed by atoms with Crippen molar-refractivity contribution in [2.45, 2.75) is 19.3 Å². The number of Topliss-reactive ketones (excluding diaryl/α,β-unsaturated/α-hetero) is 1.